The van der Waals surface area contributed by atoms with E-state index in [0.717, 1.165) is 11.4 Å². The van der Waals surface area contributed by atoms with Crippen LogP contribution in [0.15, 0.2) is 25.0 Å². The van der Waals surface area contributed by atoms with E-state index in [1.165, 1.54) is 0 Å². The van der Waals surface area contributed by atoms with E-state index in [1.54, 1.807) is 0 Å². The Labute approximate surface area is 90.0 Å². The summed E-state index contributed by atoms with van der Waals surface area (Å²) in [5.74, 6) is 0. The number of hydrogen-bond acceptors (Lipinski definition) is 0. The molecule has 2 aromatic rings. The second-order valence-corrected chi connectivity index (χ2v) is 3.94. The van der Waals surface area contributed by atoms with Crippen molar-refractivity contribution in [1.29, 1.82) is 0 Å². The van der Waals surface area contributed by atoms with Gasteiger partial charge in [0, 0.05) is 0 Å². The highest BCUT2D eigenvalue weighted by Crippen LogP contribution is 2.07. The van der Waals surface area contributed by atoms with E-state index in [1.807, 2.05) is 71.5 Å². The largest absolute Gasteiger partial charge is 0.243 e. The maximum absolute atomic E-state index is 3.37. The smallest absolute Gasteiger partial charge is 0.239 e. The molecule has 0 aliphatic heterocycles. The van der Waals surface area contributed by atoms with Crippen molar-refractivity contribution < 1.29 is 9.13 Å². The standard InChI is InChI=1S/C11H16N4/c1-12-6-10(14(3)8-12)5-11-7-13(2)9-15(11)4/h6-9H,1-4H3/q+2. The van der Waals surface area contributed by atoms with Gasteiger partial charge in [-0.05, 0) is 0 Å². The predicted octanol–water partition coefficient (Wildman–Crippen LogP) is -0.510. The molecule has 0 saturated heterocycles. The van der Waals surface area contributed by atoms with Gasteiger partial charge in [-0.2, -0.15) is 0 Å². The Hall–Kier alpha value is -1.58. The monoisotopic (exact) mass is 204 g/mol. The molecule has 0 bridgehead atoms. The Morgan fingerprint density at radius 3 is 1.60 bits per heavy atom. The van der Waals surface area contributed by atoms with Crippen LogP contribution in [0.3, 0.4) is 0 Å². The van der Waals surface area contributed by atoms with Crippen LogP contribution in [0.4, 0.5) is 0 Å². The molecule has 0 saturated carbocycles. The summed E-state index contributed by atoms with van der Waals surface area (Å²) in [5.41, 5.74) is 2.14. The fourth-order valence-corrected chi connectivity index (χ4v) is 1.68. The van der Waals surface area contributed by atoms with Gasteiger partial charge >= 0.3 is 0 Å². The van der Waals surface area contributed by atoms with Crippen LogP contribution in [0.25, 0.3) is 0 Å². The lowest BCUT2D eigenvalue weighted by atomic mass is 10.2. The Morgan fingerprint density at radius 1 is 0.933 bits per heavy atom. The molecule has 2 aromatic heterocycles. The van der Waals surface area contributed by atoms with Crippen molar-refractivity contribution in [2.45, 2.75) is 0 Å². The topological polar surface area (TPSA) is 17.6 Å². The third kappa shape index (κ3) is 1.93. The highest BCUT2D eigenvalue weighted by molar-refractivity contribution is 5.23. The molecular formula is C11H16N4+2. The molecule has 2 rings (SSSR count). The Bertz CT molecular complexity index is 434. The lowest BCUT2D eigenvalue weighted by Crippen LogP contribution is -2.23. The first-order valence-corrected chi connectivity index (χ1v) is 4.86. The number of rotatable bonds is 2. The molecule has 78 valence electrons. The van der Waals surface area contributed by atoms with E-state index in [0.29, 0.717) is 0 Å². The minimum absolute atomic E-state index is 1.07. The maximum atomic E-state index is 3.37. The predicted molar refractivity (Wildman–Crippen MR) is 54.6 cm³/mol. The molecule has 0 atom stereocenters. The Balaban J connectivity index is 2.29. The second kappa shape index (κ2) is 3.53. The normalized spacial score (nSPS) is 10.9. The summed E-state index contributed by atoms with van der Waals surface area (Å²) in [6.07, 6.45) is 11.5. The van der Waals surface area contributed by atoms with Gasteiger partial charge in [0.25, 0.3) is 0 Å². The lowest BCUT2D eigenvalue weighted by Gasteiger charge is -1.91. The highest BCUT2D eigenvalue weighted by Gasteiger charge is 2.16. The van der Waals surface area contributed by atoms with Crippen LogP contribution in [0.1, 0.15) is 11.4 Å². The van der Waals surface area contributed by atoms with Crippen LogP contribution in [-0.2, 0) is 28.2 Å². The summed E-state index contributed by atoms with van der Waals surface area (Å²) in [6.45, 7) is 0. The molecule has 0 fully saturated rings. The van der Waals surface area contributed by atoms with Crippen LogP contribution >= 0.6 is 0 Å². The first-order valence-electron chi connectivity index (χ1n) is 4.86. The molecule has 0 unspecified atom stereocenters. The van der Waals surface area contributed by atoms with E-state index in [4.69, 9.17) is 0 Å². The first-order chi connectivity index (χ1) is 7.06. The van der Waals surface area contributed by atoms with Gasteiger partial charge in [-0.3, -0.25) is 0 Å². The molecule has 0 aromatic carbocycles. The third-order valence-electron chi connectivity index (χ3n) is 2.38. The quantitative estimate of drug-likeness (QED) is 0.586. The summed E-state index contributed by atoms with van der Waals surface area (Å²) in [6, 6.07) is 0. The third-order valence-corrected chi connectivity index (χ3v) is 2.38. The van der Waals surface area contributed by atoms with Gasteiger partial charge in [0.05, 0.1) is 28.2 Å². The van der Waals surface area contributed by atoms with Crippen molar-refractivity contribution in [3.63, 3.8) is 0 Å². The van der Waals surface area contributed by atoms with Gasteiger partial charge in [-0.1, -0.05) is 0 Å². The number of imidazole rings is 2. The molecule has 0 N–H and O–H groups in total. The van der Waals surface area contributed by atoms with Gasteiger partial charge in [-0.25, -0.2) is 18.3 Å². The summed E-state index contributed by atoms with van der Waals surface area (Å²) in [5, 5.41) is 0. The zero-order chi connectivity index (χ0) is 11.0. The van der Waals surface area contributed by atoms with E-state index < -0.39 is 0 Å². The molecule has 0 aliphatic rings. The molecule has 0 amide bonds. The molecule has 0 spiro atoms. The minimum atomic E-state index is 1.07. The van der Waals surface area contributed by atoms with Crippen LogP contribution in [0.5, 0.6) is 0 Å². The Kier molecular flexibility index (Phi) is 2.34. The van der Waals surface area contributed by atoms with Gasteiger partial charge in [0.2, 0.25) is 12.7 Å². The number of aryl methyl sites for hydroxylation is 4. The van der Waals surface area contributed by atoms with E-state index >= 15 is 0 Å². The summed E-state index contributed by atoms with van der Waals surface area (Å²) >= 11 is 0. The minimum Gasteiger partial charge on any atom is -0.239 e. The van der Waals surface area contributed by atoms with Crippen molar-refractivity contribution in [3.05, 3.63) is 42.9 Å². The van der Waals surface area contributed by atoms with Crippen molar-refractivity contribution in [2.24, 2.45) is 28.2 Å². The van der Waals surface area contributed by atoms with Gasteiger partial charge in [0.1, 0.15) is 18.8 Å². The fraction of sp³-hybridized carbons (Fsp3) is 0.364. The molecule has 0 aliphatic carbocycles. The average molecular weight is 204 g/mol. The zero-order valence-corrected chi connectivity index (χ0v) is 9.60. The molecule has 4 nitrogen and oxygen atoms in total. The maximum Gasteiger partial charge on any atom is 0.243 e. The van der Waals surface area contributed by atoms with Crippen molar-refractivity contribution in [1.82, 2.24) is 9.13 Å². The Morgan fingerprint density at radius 2 is 1.33 bits per heavy atom. The van der Waals surface area contributed by atoms with Crippen LogP contribution in [0.2, 0.25) is 0 Å². The van der Waals surface area contributed by atoms with Crippen LogP contribution < -0.4 is 9.13 Å². The second-order valence-electron chi connectivity index (χ2n) is 3.94. The van der Waals surface area contributed by atoms with Crippen molar-refractivity contribution >= 4 is 0 Å². The average Bonchev–Trinajstić information content (AvgIpc) is 2.58. The van der Waals surface area contributed by atoms with Crippen molar-refractivity contribution in [2.75, 3.05) is 0 Å². The number of nitrogens with zero attached hydrogens (tertiary/aromatic N) is 4. The highest BCUT2D eigenvalue weighted by atomic mass is 15.1. The van der Waals surface area contributed by atoms with E-state index in [-0.39, 0.29) is 0 Å². The molecular weight excluding hydrogens is 188 g/mol. The first kappa shape index (κ1) is 9.96. The zero-order valence-electron chi connectivity index (χ0n) is 9.60. The molecule has 15 heavy (non-hydrogen) atoms. The van der Waals surface area contributed by atoms with E-state index in [2.05, 4.69) is 6.42 Å². The lowest BCUT2D eigenvalue weighted by molar-refractivity contribution is -0.671. The molecule has 2 heterocycles. The summed E-state index contributed by atoms with van der Waals surface area (Å²) in [4.78, 5) is 0. The van der Waals surface area contributed by atoms with Gasteiger partial charge in [0.15, 0.2) is 11.4 Å². The van der Waals surface area contributed by atoms with E-state index in [9.17, 15) is 0 Å². The summed E-state index contributed by atoms with van der Waals surface area (Å²) < 4.78 is 8.14. The molecule has 2 radical (unpaired) electrons. The van der Waals surface area contributed by atoms with Gasteiger partial charge in [-0.15, -0.1) is 0 Å². The van der Waals surface area contributed by atoms with Crippen LogP contribution in [0, 0.1) is 6.42 Å². The van der Waals surface area contributed by atoms with Crippen LogP contribution in [-0.4, -0.2) is 9.13 Å². The van der Waals surface area contributed by atoms with Gasteiger partial charge < -0.3 is 0 Å². The fourth-order valence-electron chi connectivity index (χ4n) is 1.68. The summed E-state index contributed by atoms with van der Waals surface area (Å²) in [7, 11) is 8.06. The number of hydrogen-bond donors (Lipinski definition) is 0. The SMILES string of the molecule is Cn1c[n+](C)cc1[C]c1c[n+](C)cn1C. The van der Waals surface area contributed by atoms with Crippen molar-refractivity contribution in [3.8, 4) is 0 Å². The number of aromatic nitrogens is 4. The molecule has 4 heteroatoms.